The van der Waals surface area contributed by atoms with Crippen LogP contribution in [-0.2, 0) is 0 Å². The summed E-state index contributed by atoms with van der Waals surface area (Å²) in [6.07, 6.45) is 1.23. The van der Waals surface area contributed by atoms with Crippen LogP contribution in [-0.4, -0.2) is 36.1 Å². The number of anilines is 2. The number of halogens is 2. The molecule has 0 aliphatic carbocycles. The Labute approximate surface area is 115 Å². The van der Waals surface area contributed by atoms with Gasteiger partial charge in [0.2, 0.25) is 5.95 Å². The van der Waals surface area contributed by atoms with Gasteiger partial charge in [0.1, 0.15) is 18.0 Å². The Morgan fingerprint density at radius 1 is 0.850 bits per heavy atom. The molecule has 0 bridgehead atoms. The topological polar surface area (TPSA) is 32.3 Å². The highest BCUT2D eigenvalue weighted by molar-refractivity contribution is 5.49. The minimum atomic E-state index is -0.518. The first kappa shape index (κ1) is 12.8. The molecule has 1 aliphatic rings. The predicted molar refractivity (Wildman–Crippen MR) is 72.8 cm³/mol. The standard InChI is InChI=1S/C14H14F2N4/c15-11-1-3-12(4-2-11)19-5-7-20(8-6-19)14-9-13(16)17-10-18-14/h1-4,9-10H,5-8H2. The average molecular weight is 276 g/mol. The first-order valence-corrected chi connectivity index (χ1v) is 6.45. The molecule has 0 radical (unpaired) electrons. The van der Waals surface area contributed by atoms with E-state index in [-0.39, 0.29) is 5.82 Å². The van der Waals surface area contributed by atoms with Gasteiger partial charge in [-0.1, -0.05) is 0 Å². The number of rotatable bonds is 2. The fraction of sp³-hybridized carbons (Fsp3) is 0.286. The van der Waals surface area contributed by atoms with Crippen molar-refractivity contribution < 1.29 is 8.78 Å². The van der Waals surface area contributed by atoms with Crippen molar-refractivity contribution in [3.8, 4) is 0 Å². The van der Waals surface area contributed by atoms with Gasteiger partial charge in [-0.25, -0.2) is 14.4 Å². The molecule has 2 aromatic rings. The van der Waals surface area contributed by atoms with Crippen molar-refractivity contribution in [2.75, 3.05) is 36.0 Å². The van der Waals surface area contributed by atoms with Crippen molar-refractivity contribution in [1.82, 2.24) is 9.97 Å². The zero-order chi connectivity index (χ0) is 13.9. The predicted octanol–water partition coefficient (Wildman–Crippen LogP) is 2.08. The Balaban J connectivity index is 1.66. The van der Waals surface area contributed by atoms with Gasteiger partial charge in [0.05, 0.1) is 0 Å². The molecule has 2 heterocycles. The maximum Gasteiger partial charge on any atom is 0.218 e. The monoisotopic (exact) mass is 276 g/mol. The summed E-state index contributed by atoms with van der Waals surface area (Å²) in [5.74, 6) is -0.143. The molecule has 0 spiro atoms. The van der Waals surface area contributed by atoms with Gasteiger partial charge in [-0.05, 0) is 24.3 Å². The van der Waals surface area contributed by atoms with Crippen molar-refractivity contribution in [3.05, 3.63) is 48.4 Å². The van der Waals surface area contributed by atoms with Crippen molar-refractivity contribution in [1.29, 1.82) is 0 Å². The maximum atomic E-state index is 13.1. The molecular formula is C14H14F2N4. The third-order valence-electron chi connectivity index (χ3n) is 3.41. The average Bonchev–Trinajstić information content (AvgIpc) is 2.48. The van der Waals surface area contributed by atoms with E-state index in [9.17, 15) is 8.78 Å². The molecule has 0 unspecified atom stereocenters. The lowest BCUT2D eigenvalue weighted by molar-refractivity contribution is 0.574. The van der Waals surface area contributed by atoms with E-state index in [0.717, 1.165) is 31.9 Å². The van der Waals surface area contributed by atoms with Gasteiger partial charge < -0.3 is 9.80 Å². The Kier molecular flexibility index (Phi) is 3.45. The minimum absolute atomic E-state index is 0.233. The Morgan fingerprint density at radius 2 is 1.50 bits per heavy atom. The molecular weight excluding hydrogens is 262 g/mol. The fourth-order valence-corrected chi connectivity index (χ4v) is 2.34. The second-order valence-electron chi connectivity index (χ2n) is 4.65. The van der Waals surface area contributed by atoms with E-state index in [2.05, 4.69) is 14.9 Å². The molecule has 0 amide bonds. The van der Waals surface area contributed by atoms with Crippen LogP contribution < -0.4 is 9.80 Å². The van der Waals surface area contributed by atoms with Crippen LogP contribution in [0.15, 0.2) is 36.7 Å². The Bertz CT molecular complexity index is 580. The third kappa shape index (κ3) is 2.68. The summed E-state index contributed by atoms with van der Waals surface area (Å²) >= 11 is 0. The molecule has 104 valence electrons. The summed E-state index contributed by atoms with van der Waals surface area (Å²) in [4.78, 5) is 11.7. The number of nitrogens with zero attached hydrogens (tertiary/aromatic N) is 4. The van der Waals surface area contributed by atoms with Gasteiger partial charge in [-0.2, -0.15) is 4.39 Å². The second-order valence-corrected chi connectivity index (χ2v) is 4.65. The third-order valence-corrected chi connectivity index (χ3v) is 3.41. The van der Waals surface area contributed by atoms with E-state index >= 15 is 0 Å². The lowest BCUT2D eigenvalue weighted by Crippen LogP contribution is -2.46. The lowest BCUT2D eigenvalue weighted by atomic mass is 10.2. The van der Waals surface area contributed by atoms with Gasteiger partial charge >= 0.3 is 0 Å². The first-order chi connectivity index (χ1) is 9.72. The second kappa shape index (κ2) is 5.40. The molecule has 3 rings (SSSR count). The lowest BCUT2D eigenvalue weighted by Gasteiger charge is -2.36. The number of hydrogen-bond donors (Lipinski definition) is 0. The smallest absolute Gasteiger partial charge is 0.218 e. The van der Waals surface area contributed by atoms with E-state index in [1.807, 2.05) is 4.90 Å². The highest BCUT2D eigenvalue weighted by Gasteiger charge is 2.18. The Hall–Kier alpha value is -2.24. The molecule has 1 aromatic carbocycles. The van der Waals surface area contributed by atoms with Crippen LogP contribution >= 0.6 is 0 Å². The van der Waals surface area contributed by atoms with Crippen molar-refractivity contribution in [3.63, 3.8) is 0 Å². The van der Waals surface area contributed by atoms with Crippen molar-refractivity contribution >= 4 is 11.5 Å². The number of benzene rings is 1. The highest BCUT2D eigenvalue weighted by atomic mass is 19.1. The van der Waals surface area contributed by atoms with Crippen LogP contribution in [0, 0.1) is 11.8 Å². The van der Waals surface area contributed by atoms with Crippen LogP contribution in [0.2, 0.25) is 0 Å². The van der Waals surface area contributed by atoms with E-state index in [1.165, 1.54) is 24.5 Å². The summed E-state index contributed by atoms with van der Waals surface area (Å²) < 4.78 is 26.0. The molecule has 1 saturated heterocycles. The molecule has 1 aromatic heterocycles. The number of aromatic nitrogens is 2. The van der Waals surface area contributed by atoms with Gasteiger partial charge in [-0.15, -0.1) is 0 Å². The summed E-state index contributed by atoms with van der Waals surface area (Å²) in [6, 6.07) is 7.81. The summed E-state index contributed by atoms with van der Waals surface area (Å²) in [5.41, 5.74) is 1.000. The van der Waals surface area contributed by atoms with E-state index in [4.69, 9.17) is 0 Å². The molecule has 0 N–H and O–H groups in total. The zero-order valence-corrected chi connectivity index (χ0v) is 10.8. The molecule has 4 nitrogen and oxygen atoms in total. The van der Waals surface area contributed by atoms with E-state index in [1.54, 1.807) is 12.1 Å². The molecule has 1 fully saturated rings. The molecule has 0 atom stereocenters. The molecule has 0 saturated carbocycles. The molecule has 1 aliphatic heterocycles. The summed E-state index contributed by atoms with van der Waals surface area (Å²) in [5, 5.41) is 0. The van der Waals surface area contributed by atoms with Crippen molar-refractivity contribution in [2.24, 2.45) is 0 Å². The normalized spacial score (nSPS) is 15.5. The van der Waals surface area contributed by atoms with E-state index < -0.39 is 5.95 Å². The minimum Gasteiger partial charge on any atom is -0.368 e. The summed E-state index contributed by atoms with van der Waals surface area (Å²) in [6.45, 7) is 3.07. The molecule has 20 heavy (non-hydrogen) atoms. The van der Waals surface area contributed by atoms with Crippen molar-refractivity contribution in [2.45, 2.75) is 0 Å². The fourth-order valence-electron chi connectivity index (χ4n) is 2.34. The van der Waals surface area contributed by atoms with Crippen LogP contribution in [0.1, 0.15) is 0 Å². The maximum absolute atomic E-state index is 13.1. The Morgan fingerprint density at radius 3 is 2.15 bits per heavy atom. The number of piperazine rings is 1. The van der Waals surface area contributed by atoms with E-state index in [0.29, 0.717) is 5.82 Å². The van der Waals surface area contributed by atoms with Crippen LogP contribution in [0.3, 0.4) is 0 Å². The highest BCUT2D eigenvalue weighted by Crippen LogP contribution is 2.19. The van der Waals surface area contributed by atoms with Gasteiger partial charge in [-0.3, -0.25) is 0 Å². The first-order valence-electron chi connectivity index (χ1n) is 6.45. The van der Waals surface area contributed by atoms with Gasteiger partial charge in [0.15, 0.2) is 0 Å². The quantitative estimate of drug-likeness (QED) is 0.786. The van der Waals surface area contributed by atoms with Crippen LogP contribution in [0.25, 0.3) is 0 Å². The van der Waals surface area contributed by atoms with Gasteiger partial charge in [0, 0.05) is 37.9 Å². The SMILES string of the molecule is Fc1ccc(N2CCN(c3cc(F)ncn3)CC2)cc1. The zero-order valence-electron chi connectivity index (χ0n) is 10.8. The largest absolute Gasteiger partial charge is 0.368 e. The number of hydrogen-bond acceptors (Lipinski definition) is 4. The summed E-state index contributed by atoms with van der Waals surface area (Å²) in [7, 11) is 0. The van der Waals surface area contributed by atoms with Crippen LogP contribution in [0.5, 0.6) is 0 Å². The molecule has 6 heteroatoms. The van der Waals surface area contributed by atoms with Crippen LogP contribution in [0.4, 0.5) is 20.3 Å². The van der Waals surface area contributed by atoms with Gasteiger partial charge in [0.25, 0.3) is 0 Å².